The number of halogens is 1. The van der Waals surface area contributed by atoms with Crippen molar-refractivity contribution in [3.05, 3.63) is 65.5 Å². The standard InChI is InChI=1S/C21H22FN3O3/c1-14(26)24(2)13-21(27)25-20(15-7-9-17(22)10-8-15)12-19(23-25)16-5-4-6-18(11-16)28-3/h4-11,20H,12-13H2,1-3H3/t20-/m1/s1. The fraction of sp³-hybridized carbons (Fsp3) is 0.286. The first-order valence-corrected chi connectivity index (χ1v) is 8.90. The van der Waals surface area contributed by atoms with E-state index in [2.05, 4.69) is 5.10 Å². The summed E-state index contributed by atoms with van der Waals surface area (Å²) in [5.41, 5.74) is 2.36. The molecule has 146 valence electrons. The topological polar surface area (TPSA) is 62.2 Å². The van der Waals surface area contributed by atoms with Crippen molar-refractivity contribution >= 4 is 17.5 Å². The average molecular weight is 383 g/mol. The maximum absolute atomic E-state index is 13.3. The van der Waals surface area contributed by atoms with Crippen LogP contribution in [0.1, 0.15) is 30.5 Å². The highest BCUT2D eigenvalue weighted by atomic mass is 19.1. The van der Waals surface area contributed by atoms with Crippen LogP contribution in [0.3, 0.4) is 0 Å². The number of hydrogen-bond acceptors (Lipinski definition) is 4. The molecule has 2 aromatic carbocycles. The minimum absolute atomic E-state index is 0.0814. The third-order valence-electron chi connectivity index (χ3n) is 4.73. The van der Waals surface area contributed by atoms with Gasteiger partial charge in [-0.25, -0.2) is 9.40 Å². The van der Waals surface area contributed by atoms with Gasteiger partial charge in [-0.2, -0.15) is 5.10 Å². The van der Waals surface area contributed by atoms with Crippen LogP contribution in [0.4, 0.5) is 4.39 Å². The second-order valence-corrected chi connectivity index (χ2v) is 6.66. The molecular formula is C21H22FN3O3. The van der Waals surface area contributed by atoms with Crippen LogP contribution >= 0.6 is 0 Å². The lowest BCUT2D eigenvalue weighted by Gasteiger charge is -2.24. The van der Waals surface area contributed by atoms with E-state index < -0.39 is 0 Å². The van der Waals surface area contributed by atoms with E-state index >= 15 is 0 Å². The lowest BCUT2D eigenvalue weighted by atomic mass is 9.98. The highest BCUT2D eigenvalue weighted by Crippen LogP contribution is 2.33. The Labute approximate surface area is 163 Å². The molecule has 1 heterocycles. The number of rotatable bonds is 5. The third-order valence-corrected chi connectivity index (χ3v) is 4.73. The zero-order chi connectivity index (χ0) is 20.3. The first-order valence-electron chi connectivity index (χ1n) is 8.90. The molecule has 0 fully saturated rings. The van der Waals surface area contributed by atoms with Gasteiger partial charge in [-0.3, -0.25) is 9.59 Å². The first kappa shape index (κ1) is 19.5. The molecule has 2 amide bonds. The summed E-state index contributed by atoms with van der Waals surface area (Å²) >= 11 is 0. The van der Waals surface area contributed by atoms with Crippen molar-refractivity contribution in [2.75, 3.05) is 20.7 Å². The summed E-state index contributed by atoms with van der Waals surface area (Å²) in [4.78, 5) is 25.7. The summed E-state index contributed by atoms with van der Waals surface area (Å²) in [5, 5.41) is 5.93. The number of benzene rings is 2. The van der Waals surface area contributed by atoms with Crippen molar-refractivity contribution in [3.63, 3.8) is 0 Å². The molecule has 1 aliphatic heterocycles. The fourth-order valence-electron chi connectivity index (χ4n) is 3.05. The molecule has 1 atom stereocenters. The molecule has 7 heteroatoms. The SMILES string of the molecule is COc1cccc(C2=NN(C(=O)CN(C)C(C)=O)[C@@H](c3ccc(F)cc3)C2)c1. The molecule has 0 saturated carbocycles. The summed E-state index contributed by atoms with van der Waals surface area (Å²) < 4.78 is 18.6. The minimum atomic E-state index is -0.366. The lowest BCUT2D eigenvalue weighted by molar-refractivity contribution is -0.139. The first-order chi connectivity index (χ1) is 13.4. The minimum Gasteiger partial charge on any atom is -0.497 e. The summed E-state index contributed by atoms with van der Waals surface area (Å²) in [6.45, 7) is 1.32. The fourth-order valence-corrected chi connectivity index (χ4v) is 3.05. The van der Waals surface area contributed by atoms with Crippen molar-refractivity contribution in [1.82, 2.24) is 9.91 Å². The molecule has 1 aliphatic rings. The number of carbonyl (C=O) groups excluding carboxylic acids is 2. The predicted octanol–water partition coefficient (Wildman–Crippen LogP) is 2.99. The smallest absolute Gasteiger partial charge is 0.262 e. The molecular weight excluding hydrogens is 361 g/mol. The Bertz CT molecular complexity index is 911. The molecule has 2 aromatic rings. The van der Waals surface area contributed by atoms with Gasteiger partial charge in [0.2, 0.25) is 5.91 Å². The van der Waals surface area contributed by atoms with Crippen molar-refractivity contribution in [3.8, 4) is 5.75 Å². The number of amides is 2. The van der Waals surface area contributed by atoms with E-state index in [0.29, 0.717) is 12.2 Å². The van der Waals surface area contributed by atoms with Gasteiger partial charge in [-0.15, -0.1) is 0 Å². The van der Waals surface area contributed by atoms with Crippen LogP contribution in [0.25, 0.3) is 0 Å². The summed E-state index contributed by atoms with van der Waals surface area (Å²) in [5.74, 6) is -0.155. The van der Waals surface area contributed by atoms with E-state index in [1.165, 1.54) is 29.0 Å². The quantitative estimate of drug-likeness (QED) is 0.797. The number of carbonyl (C=O) groups is 2. The average Bonchev–Trinajstić information content (AvgIpc) is 3.14. The van der Waals surface area contributed by atoms with Gasteiger partial charge in [0.1, 0.15) is 18.1 Å². The van der Waals surface area contributed by atoms with Crippen LogP contribution in [0, 0.1) is 5.82 Å². The van der Waals surface area contributed by atoms with Crippen molar-refractivity contribution < 1.29 is 18.7 Å². The van der Waals surface area contributed by atoms with E-state index in [9.17, 15) is 14.0 Å². The molecule has 0 radical (unpaired) electrons. The maximum Gasteiger partial charge on any atom is 0.262 e. The van der Waals surface area contributed by atoms with Gasteiger partial charge in [-0.05, 0) is 29.8 Å². The van der Waals surface area contributed by atoms with Crippen LogP contribution in [0.15, 0.2) is 53.6 Å². The van der Waals surface area contributed by atoms with Crippen LogP contribution < -0.4 is 4.74 Å². The van der Waals surface area contributed by atoms with Crippen LogP contribution in [-0.4, -0.2) is 48.1 Å². The zero-order valence-electron chi connectivity index (χ0n) is 16.1. The van der Waals surface area contributed by atoms with Crippen LogP contribution in [0.2, 0.25) is 0 Å². The Morgan fingerprint density at radius 2 is 1.96 bits per heavy atom. The van der Waals surface area contributed by atoms with Crippen molar-refractivity contribution in [2.24, 2.45) is 5.10 Å². The normalized spacial score (nSPS) is 15.9. The Kier molecular flexibility index (Phi) is 5.73. The van der Waals surface area contributed by atoms with Crippen molar-refractivity contribution in [2.45, 2.75) is 19.4 Å². The number of hydrazone groups is 1. The highest BCUT2D eigenvalue weighted by Gasteiger charge is 2.33. The Morgan fingerprint density at radius 1 is 1.25 bits per heavy atom. The van der Waals surface area contributed by atoms with E-state index in [1.54, 1.807) is 26.3 Å². The molecule has 3 rings (SSSR count). The number of nitrogens with zero attached hydrogens (tertiary/aromatic N) is 3. The van der Waals surface area contributed by atoms with Gasteiger partial charge in [-0.1, -0.05) is 24.3 Å². The third kappa shape index (κ3) is 4.19. The summed E-state index contributed by atoms with van der Waals surface area (Å²) in [6.07, 6.45) is 0.480. The van der Waals surface area contributed by atoms with Gasteiger partial charge >= 0.3 is 0 Å². The number of likely N-dealkylation sites (N-methyl/N-ethyl adjacent to an activating group) is 1. The maximum atomic E-state index is 13.3. The molecule has 0 bridgehead atoms. The van der Waals surface area contributed by atoms with E-state index in [0.717, 1.165) is 16.8 Å². The van der Waals surface area contributed by atoms with Crippen LogP contribution in [-0.2, 0) is 9.59 Å². The molecule has 0 spiro atoms. The van der Waals surface area contributed by atoms with Gasteiger partial charge in [0.15, 0.2) is 0 Å². The highest BCUT2D eigenvalue weighted by molar-refractivity contribution is 6.03. The molecule has 0 aliphatic carbocycles. The van der Waals surface area contributed by atoms with Gasteiger partial charge in [0.05, 0.1) is 18.9 Å². The predicted molar refractivity (Wildman–Crippen MR) is 103 cm³/mol. The Hall–Kier alpha value is -3.22. The Balaban J connectivity index is 1.93. The molecule has 6 nitrogen and oxygen atoms in total. The zero-order valence-corrected chi connectivity index (χ0v) is 16.1. The van der Waals surface area contributed by atoms with Crippen LogP contribution in [0.5, 0.6) is 5.75 Å². The molecule has 0 unspecified atom stereocenters. The number of hydrogen-bond donors (Lipinski definition) is 0. The van der Waals surface area contributed by atoms with Gasteiger partial charge in [0.25, 0.3) is 5.91 Å². The lowest BCUT2D eigenvalue weighted by Crippen LogP contribution is -2.38. The molecule has 0 saturated heterocycles. The second-order valence-electron chi connectivity index (χ2n) is 6.66. The van der Waals surface area contributed by atoms with Gasteiger partial charge in [0, 0.05) is 26.0 Å². The van der Waals surface area contributed by atoms with Crippen molar-refractivity contribution in [1.29, 1.82) is 0 Å². The second kappa shape index (κ2) is 8.21. The molecule has 0 aromatic heterocycles. The summed E-state index contributed by atoms with van der Waals surface area (Å²) in [7, 11) is 3.15. The summed E-state index contributed by atoms with van der Waals surface area (Å²) in [6, 6.07) is 13.1. The van der Waals surface area contributed by atoms with E-state index in [-0.39, 0.29) is 30.2 Å². The van der Waals surface area contributed by atoms with E-state index in [4.69, 9.17) is 4.74 Å². The monoisotopic (exact) mass is 383 g/mol. The largest absolute Gasteiger partial charge is 0.497 e. The molecule has 28 heavy (non-hydrogen) atoms. The van der Waals surface area contributed by atoms with E-state index in [1.807, 2.05) is 24.3 Å². The van der Waals surface area contributed by atoms with Gasteiger partial charge < -0.3 is 9.64 Å². The molecule has 0 N–H and O–H groups in total. The number of ether oxygens (including phenoxy) is 1. The Morgan fingerprint density at radius 3 is 2.61 bits per heavy atom. The number of methoxy groups -OCH3 is 1.